The normalized spacial score (nSPS) is 13.3. The molecule has 0 heterocycles. The fourth-order valence-electron chi connectivity index (χ4n) is 2.30. The Labute approximate surface area is 140 Å². The van der Waals surface area contributed by atoms with Gasteiger partial charge in [-0.15, -0.1) is 5.73 Å². The summed E-state index contributed by atoms with van der Waals surface area (Å²) < 4.78 is 0. The summed E-state index contributed by atoms with van der Waals surface area (Å²) >= 11 is 1.13. The van der Waals surface area contributed by atoms with Gasteiger partial charge >= 0.3 is 0 Å². The van der Waals surface area contributed by atoms with Gasteiger partial charge in [-0.3, -0.25) is 4.79 Å². The summed E-state index contributed by atoms with van der Waals surface area (Å²) in [5.74, 6) is 0.124. The summed E-state index contributed by atoms with van der Waals surface area (Å²) in [5, 5.41) is 12.1. The van der Waals surface area contributed by atoms with Crippen LogP contribution >= 0.6 is 11.8 Å². The number of thioether (sulfide) groups is 1. The van der Waals surface area contributed by atoms with Crippen molar-refractivity contribution in [2.75, 3.05) is 0 Å². The Hall–Kier alpha value is -0.700. The van der Waals surface area contributed by atoms with E-state index < -0.39 is 6.10 Å². The fraction of sp³-hybridized carbons (Fsp3) is 0.778. The summed E-state index contributed by atoms with van der Waals surface area (Å²) in [7, 11) is 0. The Kier molecular flexibility index (Phi) is 8.53. The van der Waals surface area contributed by atoms with Crippen LogP contribution in [-0.4, -0.2) is 33.4 Å². The number of rotatable bonds is 5. The first-order valence-electron chi connectivity index (χ1n) is 8.02. The van der Waals surface area contributed by atoms with Crippen molar-refractivity contribution in [3.63, 3.8) is 0 Å². The van der Waals surface area contributed by atoms with Gasteiger partial charge in [0, 0.05) is 23.1 Å². The van der Waals surface area contributed by atoms with Crippen molar-refractivity contribution in [3.8, 4) is 0 Å². The average molecular weight is 328 g/mol. The lowest BCUT2D eigenvalue weighted by molar-refractivity contribution is 0.139. The molecule has 22 heavy (non-hydrogen) atoms. The van der Waals surface area contributed by atoms with E-state index in [1.165, 1.54) is 0 Å². The first-order valence-corrected chi connectivity index (χ1v) is 8.90. The number of aliphatic hydroxyl groups is 1. The molecule has 0 radical (unpaired) electrons. The standard InChI is InChI=1S/C18H33NO2S/c1-12(2)16(20)15(18(7,8)9)10-11-22-17(21)19(13(3)4)14(5)6/h11-14,16,20H,1-9H3/t10?,16-/m1/s1. The van der Waals surface area contributed by atoms with Crippen LogP contribution in [0.2, 0.25) is 0 Å². The number of hydrogen-bond acceptors (Lipinski definition) is 3. The van der Waals surface area contributed by atoms with E-state index in [0.29, 0.717) is 0 Å². The van der Waals surface area contributed by atoms with Crippen LogP contribution in [0.3, 0.4) is 0 Å². The number of aliphatic hydroxyl groups excluding tert-OH is 1. The number of amides is 1. The van der Waals surface area contributed by atoms with Crippen molar-refractivity contribution in [3.05, 3.63) is 16.7 Å². The topological polar surface area (TPSA) is 40.5 Å². The van der Waals surface area contributed by atoms with Gasteiger partial charge in [-0.2, -0.15) is 0 Å². The molecule has 0 aromatic heterocycles. The van der Waals surface area contributed by atoms with Gasteiger partial charge in [0.2, 0.25) is 0 Å². The molecule has 0 fully saturated rings. The van der Waals surface area contributed by atoms with Crippen molar-refractivity contribution >= 4 is 17.0 Å². The average Bonchev–Trinajstić information content (AvgIpc) is 2.31. The summed E-state index contributed by atoms with van der Waals surface area (Å²) in [5.41, 5.74) is 3.82. The highest BCUT2D eigenvalue weighted by atomic mass is 32.2. The minimum absolute atomic E-state index is 0.0183. The Balaban J connectivity index is 5.29. The van der Waals surface area contributed by atoms with E-state index in [2.05, 4.69) is 26.5 Å². The highest BCUT2D eigenvalue weighted by molar-refractivity contribution is 8.16. The van der Waals surface area contributed by atoms with Crippen LogP contribution in [0.5, 0.6) is 0 Å². The Morgan fingerprint density at radius 2 is 1.55 bits per heavy atom. The molecule has 0 bridgehead atoms. The maximum absolute atomic E-state index is 12.3. The third-order valence-electron chi connectivity index (χ3n) is 3.43. The minimum Gasteiger partial charge on any atom is -0.388 e. The Morgan fingerprint density at radius 1 is 1.09 bits per heavy atom. The van der Waals surface area contributed by atoms with Crippen LogP contribution in [0.15, 0.2) is 16.7 Å². The van der Waals surface area contributed by atoms with Crippen LogP contribution in [0, 0.1) is 11.3 Å². The molecule has 1 atom stereocenters. The molecule has 0 aromatic rings. The van der Waals surface area contributed by atoms with Crippen LogP contribution in [0.25, 0.3) is 0 Å². The van der Waals surface area contributed by atoms with Crippen LogP contribution in [-0.2, 0) is 0 Å². The first-order chi connectivity index (χ1) is 9.89. The second-order valence-corrected chi connectivity index (χ2v) is 8.41. The van der Waals surface area contributed by atoms with Gasteiger partial charge in [0.1, 0.15) is 0 Å². The van der Waals surface area contributed by atoms with Gasteiger partial charge in [0.15, 0.2) is 0 Å². The van der Waals surface area contributed by atoms with Gasteiger partial charge in [-0.05, 0) is 50.8 Å². The molecule has 128 valence electrons. The lowest BCUT2D eigenvalue weighted by Crippen LogP contribution is -2.39. The van der Waals surface area contributed by atoms with Crippen molar-refractivity contribution in [1.82, 2.24) is 4.90 Å². The smallest absolute Gasteiger partial charge is 0.286 e. The zero-order valence-corrected chi connectivity index (χ0v) is 16.4. The second-order valence-electron chi connectivity index (χ2n) is 7.59. The first kappa shape index (κ1) is 21.3. The van der Waals surface area contributed by atoms with E-state index in [-0.39, 0.29) is 28.7 Å². The molecule has 0 rings (SSSR count). The molecule has 1 N–H and O–H groups in total. The molecule has 0 aliphatic carbocycles. The summed E-state index contributed by atoms with van der Waals surface area (Å²) in [6.45, 7) is 18.2. The monoisotopic (exact) mass is 327 g/mol. The number of nitrogens with zero attached hydrogens (tertiary/aromatic N) is 1. The van der Waals surface area contributed by atoms with E-state index >= 15 is 0 Å². The molecule has 0 saturated carbocycles. The molecule has 0 unspecified atom stereocenters. The van der Waals surface area contributed by atoms with Gasteiger partial charge < -0.3 is 10.0 Å². The third kappa shape index (κ3) is 6.60. The molecule has 0 saturated heterocycles. The van der Waals surface area contributed by atoms with Crippen LogP contribution < -0.4 is 0 Å². The Morgan fingerprint density at radius 3 is 1.86 bits per heavy atom. The predicted octanol–water partition coefficient (Wildman–Crippen LogP) is 5.06. The Bertz CT molecular complexity index is 419. The lowest BCUT2D eigenvalue weighted by Gasteiger charge is -2.29. The summed E-state index contributed by atoms with van der Waals surface area (Å²) in [6, 6.07) is 0.335. The van der Waals surface area contributed by atoms with Crippen molar-refractivity contribution in [2.24, 2.45) is 11.3 Å². The molecular formula is C18H33NO2S. The number of hydrogen-bond donors (Lipinski definition) is 1. The van der Waals surface area contributed by atoms with Crippen molar-refractivity contribution in [2.45, 2.75) is 80.5 Å². The summed E-state index contributed by atoms with van der Waals surface area (Å²) in [4.78, 5) is 14.2. The SMILES string of the molecule is CC(C)[C@@H](O)C(=C=CSC(=O)N(C(C)C)C(C)C)C(C)(C)C. The van der Waals surface area contributed by atoms with Crippen LogP contribution in [0.1, 0.15) is 62.3 Å². The van der Waals surface area contributed by atoms with Gasteiger partial charge in [0.25, 0.3) is 5.24 Å². The largest absolute Gasteiger partial charge is 0.388 e. The second kappa shape index (κ2) is 8.81. The van der Waals surface area contributed by atoms with Gasteiger partial charge in [-0.25, -0.2) is 0 Å². The van der Waals surface area contributed by atoms with E-state index in [0.717, 1.165) is 17.3 Å². The molecule has 1 amide bonds. The van der Waals surface area contributed by atoms with Crippen molar-refractivity contribution in [1.29, 1.82) is 0 Å². The van der Waals surface area contributed by atoms with E-state index in [1.54, 1.807) is 5.41 Å². The van der Waals surface area contributed by atoms with Crippen LogP contribution in [0.4, 0.5) is 4.79 Å². The highest BCUT2D eigenvalue weighted by Gasteiger charge is 2.26. The highest BCUT2D eigenvalue weighted by Crippen LogP contribution is 2.30. The van der Waals surface area contributed by atoms with E-state index in [4.69, 9.17) is 0 Å². The van der Waals surface area contributed by atoms with E-state index in [9.17, 15) is 9.90 Å². The molecule has 0 spiro atoms. The molecule has 4 heteroatoms. The maximum Gasteiger partial charge on any atom is 0.286 e. The molecule has 0 aliphatic rings. The van der Waals surface area contributed by atoms with Gasteiger partial charge in [-0.1, -0.05) is 34.6 Å². The zero-order valence-electron chi connectivity index (χ0n) is 15.6. The zero-order chi connectivity index (χ0) is 17.7. The van der Waals surface area contributed by atoms with Crippen molar-refractivity contribution < 1.29 is 9.90 Å². The molecule has 0 aromatic carbocycles. The maximum atomic E-state index is 12.3. The van der Waals surface area contributed by atoms with E-state index in [1.807, 2.05) is 46.4 Å². The predicted molar refractivity (Wildman–Crippen MR) is 97.0 cm³/mol. The number of carbonyl (C=O) groups is 1. The number of carbonyl (C=O) groups excluding carboxylic acids is 1. The summed E-state index contributed by atoms with van der Waals surface area (Å²) in [6.07, 6.45) is -0.543. The molecule has 0 aliphatic heterocycles. The molecular weight excluding hydrogens is 294 g/mol. The fourth-order valence-corrected chi connectivity index (χ4v) is 3.13. The molecule has 3 nitrogen and oxygen atoms in total. The third-order valence-corrected chi connectivity index (χ3v) is 4.08. The minimum atomic E-state index is -0.543. The van der Waals surface area contributed by atoms with Gasteiger partial charge in [0.05, 0.1) is 6.10 Å². The quantitative estimate of drug-likeness (QED) is 0.717. The lowest BCUT2D eigenvalue weighted by atomic mass is 9.80.